The molecule has 1 aromatic carbocycles. The van der Waals surface area contributed by atoms with Crippen LogP contribution in [-0.4, -0.2) is 18.6 Å². The van der Waals surface area contributed by atoms with Gasteiger partial charge < -0.3 is 15.8 Å². The quantitative estimate of drug-likeness (QED) is 0.838. The van der Waals surface area contributed by atoms with Crippen LogP contribution in [0.15, 0.2) is 24.3 Å². The van der Waals surface area contributed by atoms with Crippen molar-refractivity contribution in [3.05, 3.63) is 35.4 Å². The molecular weight excluding hydrogens is 312 g/mol. The molecular formula is C18H27ClN2O2. The van der Waals surface area contributed by atoms with E-state index >= 15 is 0 Å². The van der Waals surface area contributed by atoms with Gasteiger partial charge in [0.1, 0.15) is 0 Å². The molecule has 4 nitrogen and oxygen atoms in total. The number of carbonyl (C=O) groups is 1. The Morgan fingerprint density at radius 3 is 2.48 bits per heavy atom. The Kier molecular flexibility index (Phi) is 6.45. The number of nitrogens with two attached hydrogens (primary N) is 1. The van der Waals surface area contributed by atoms with Crippen molar-refractivity contribution < 1.29 is 9.53 Å². The highest BCUT2D eigenvalue weighted by Gasteiger charge is 2.48. The SMILES string of the molecule is CCOCc1ccc(CNC(=O)C2C3CCC(C3)C2N)cc1.Cl. The summed E-state index contributed by atoms with van der Waals surface area (Å²) >= 11 is 0. The molecule has 3 rings (SSSR count). The van der Waals surface area contributed by atoms with Crippen molar-refractivity contribution in [2.45, 2.75) is 45.4 Å². The van der Waals surface area contributed by atoms with Crippen LogP contribution in [0.3, 0.4) is 0 Å². The van der Waals surface area contributed by atoms with E-state index in [4.69, 9.17) is 10.5 Å². The first-order chi connectivity index (χ1) is 10.7. The van der Waals surface area contributed by atoms with Crippen molar-refractivity contribution in [2.75, 3.05) is 6.61 Å². The normalized spacial score (nSPS) is 28.4. The molecule has 2 aliphatic rings. The molecule has 0 aliphatic heterocycles. The van der Waals surface area contributed by atoms with Crippen LogP contribution < -0.4 is 11.1 Å². The molecule has 23 heavy (non-hydrogen) atoms. The molecule has 0 heterocycles. The van der Waals surface area contributed by atoms with E-state index in [1.165, 1.54) is 12.8 Å². The third-order valence-electron chi connectivity index (χ3n) is 5.25. The Morgan fingerprint density at radius 1 is 1.22 bits per heavy atom. The zero-order valence-electron chi connectivity index (χ0n) is 13.7. The molecule has 4 unspecified atom stereocenters. The molecule has 128 valence electrons. The minimum atomic E-state index is 0. The van der Waals surface area contributed by atoms with E-state index in [1.54, 1.807) is 0 Å². The van der Waals surface area contributed by atoms with Crippen LogP contribution in [0.2, 0.25) is 0 Å². The van der Waals surface area contributed by atoms with Gasteiger partial charge in [0.05, 0.1) is 12.5 Å². The largest absolute Gasteiger partial charge is 0.377 e. The summed E-state index contributed by atoms with van der Waals surface area (Å²) in [6.07, 6.45) is 3.52. The maximum atomic E-state index is 12.4. The predicted octanol–water partition coefficient (Wildman–Crippen LogP) is 2.63. The van der Waals surface area contributed by atoms with Crippen LogP contribution in [0, 0.1) is 17.8 Å². The fourth-order valence-corrected chi connectivity index (χ4v) is 4.01. The third-order valence-corrected chi connectivity index (χ3v) is 5.25. The molecule has 2 bridgehead atoms. The van der Waals surface area contributed by atoms with Gasteiger partial charge in [-0.25, -0.2) is 0 Å². The third kappa shape index (κ3) is 4.06. The number of rotatable bonds is 6. The van der Waals surface area contributed by atoms with E-state index in [2.05, 4.69) is 29.6 Å². The Morgan fingerprint density at radius 2 is 1.87 bits per heavy atom. The Bertz CT molecular complexity index is 518. The molecule has 0 radical (unpaired) electrons. The molecule has 2 aliphatic carbocycles. The number of ether oxygens (including phenoxy) is 1. The van der Waals surface area contributed by atoms with Crippen LogP contribution in [0.5, 0.6) is 0 Å². The number of nitrogens with one attached hydrogen (secondary N) is 1. The van der Waals surface area contributed by atoms with Gasteiger partial charge in [-0.15, -0.1) is 12.4 Å². The number of hydrogen-bond donors (Lipinski definition) is 2. The van der Waals surface area contributed by atoms with Crippen molar-refractivity contribution in [3.8, 4) is 0 Å². The van der Waals surface area contributed by atoms with Gasteiger partial charge >= 0.3 is 0 Å². The van der Waals surface area contributed by atoms with E-state index in [-0.39, 0.29) is 30.3 Å². The summed E-state index contributed by atoms with van der Waals surface area (Å²) in [5, 5.41) is 3.07. The molecule has 4 atom stereocenters. The highest BCUT2D eigenvalue weighted by atomic mass is 35.5. The van der Waals surface area contributed by atoms with Gasteiger partial charge in [0, 0.05) is 19.2 Å². The number of carbonyl (C=O) groups excluding carboxylic acids is 1. The molecule has 1 aromatic rings. The van der Waals surface area contributed by atoms with Crippen LogP contribution in [0.4, 0.5) is 0 Å². The van der Waals surface area contributed by atoms with Crippen molar-refractivity contribution in [2.24, 2.45) is 23.5 Å². The number of hydrogen-bond acceptors (Lipinski definition) is 3. The Balaban J connectivity index is 0.00000192. The highest BCUT2D eigenvalue weighted by molar-refractivity contribution is 5.85. The smallest absolute Gasteiger partial charge is 0.225 e. The highest BCUT2D eigenvalue weighted by Crippen LogP contribution is 2.47. The lowest BCUT2D eigenvalue weighted by molar-refractivity contribution is -0.127. The second-order valence-corrected chi connectivity index (χ2v) is 6.61. The predicted molar refractivity (Wildman–Crippen MR) is 93.2 cm³/mol. The second kappa shape index (κ2) is 8.13. The van der Waals surface area contributed by atoms with Crippen molar-refractivity contribution in [1.29, 1.82) is 0 Å². The first-order valence-electron chi connectivity index (χ1n) is 8.38. The standard InChI is InChI=1S/C18H26N2O2.ClH/c1-2-22-11-13-5-3-12(4-6-13)10-20-18(21)16-14-7-8-15(9-14)17(16)19;/h3-6,14-17H,2,7-11,19H2,1H3,(H,20,21);1H. The Labute approximate surface area is 144 Å². The second-order valence-electron chi connectivity index (χ2n) is 6.61. The maximum Gasteiger partial charge on any atom is 0.225 e. The molecule has 2 saturated carbocycles. The van der Waals surface area contributed by atoms with E-state index in [1.807, 2.05) is 6.92 Å². The van der Waals surface area contributed by atoms with Crippen molar-refractivity contribution in [1.82, 2.24) is 5.32 Å². The average molecular weight is 339 g/mol. The van der Waals surface area contributed by atoms with Crippen LogP contribution in [0.1, 0.15) is 37.3 Å². The molecule has 0 aromatic heterocycles. The van der Waals surface area contributed by atoms with E-state index in [9.17, 15) is 4.79 Å². The van der Waals surface area contributed by atoms with E-state index in [0.717, 1.165) is 24.2 Å². The van der Waals surface area contributed by atoms with Gasteiger partial charge in [-0.05, 0) is 49.1 Å². The van der Waals surface area contributed by atoms with Gasteiger partial charge in [0.25, 0.3) is 0 Å². The van der Waals surface area contributed by atoms with Crippen molar-refractivity contribution in [3.63, 3.8) is 0 Å². The van der Waals surface area contributed by atoms with Gasteiger partial charge in [0.15, 0.2) is 0 Å². The van der Waals surface area contributed by atoms with Crippen LogP contribution in [0.25, 0.3) is 0 Å². The average Bonchev–Trinajstić information content (AvgIpc) is 3.12. The van der Waals surface area contributed by atoms with Gasteiger partial charge in [-0.2, -0.15) is 0 Å². The molecule has 0 saturated heterocycles. The monoisotopic (exact) mass is 338 g/mol. The molecule has 1 amide bonds. The van der Waals surface area contributed by atoms with Crippen LogP contribution in [-0.2, 0) is 22.7 Å². The molecule has 2 fully saturated rings. The summed E-state index contributed by atoms with van der Waals surface area (Å²) in [5.74, 6) is 1.24. The van der Waals surface area contributed by atoms with Gasteiger partial charge in [-0.1, -0.05) is 24.3 Å². The summed E-state index contributed by atoms with van der Waals surface area (Å²) in [4.78, 5) is 12.4. The topological polar surface area (TPSA) is 64.3 Å². The van der Waals surface area contributed by atoms with E-state index in [0.29, 0.717) is 25.0 Å². The fourth-order valence-electron chi connectivity index (χ4n) is 4.01. The van der Waals surface area contributed by atoms with Crippen LogP contribution >= 0.6 is 12.4 Å². The molecule has 0 spiro atoms. The number of halogens is 1. The summed E-state index contributed by atoms with van der Waals surface area (Å²) < 4.78 is 5.38. The number of benzene rings is 1. The first kappa shape index (κ1) is 18.2. The zero-order chi connectivity index (χ0) is 15.5. The lowest BCUT2D eigenvalue weighted by Gasteiger charge is -2.27. The fraction of sp³-hybridized carbons (Fsp3) is 0.611. The lowest BCUT2D eigenvalue weighted by Crippen LogP contribution is -2.45. The maximum absolute atomic E-state index is 12.4. The summed E-state index contributed by atoms with van der Waals surface area (Å²) in [7, 11) is 0. The first-order valence-corrected chi connectivity index (χ1v) is 8.38. The lowest BCUT2D eigenvalue weighted by atomic mass is 9.84. The van der Waals surface area contributed by atoms with Crippen molar-refractivity contribution >= 4 is 18.3 Å². The zero-order valence-corrected chi connectivity index (χ0v) is 14.5. The molecule has 3 N–H and O–H groups in total. The van der Waals surface area contributed by atoms with Gasteiger partial charge in [0.2, 0.25) is 5.91 Å². The minimum absolute atomic E-state index is 0. The summed E-state index contributed by atoms with van der Waals surface area (Å²) in [5.41, 5.74) is 8.50. The summed E-state index contributed by atoms with van der Waals surface area (Å²) in [6.45, 7) is 3.93. The Hall–Kier alpha value is -1.10. The minimum Gasteiger partial charge on any atom is -0.377 e. The summed E-state index contributed by atoms with van der Waals surface area (Å²) in [6, 6.07) is 8.28. The van der Waals surface area contributed by atoms with Gasteiger partial charge in [-0.3, -0.25) is 4.79 Å². The van der Waals surface area contributed by atoms with E-state index < -0.39 is 0 Å². The number of amides is 1. The number of fused-ring (bicyclic) bond motifs is 2. The molecule has 5 heteroatoms.